The zero-order chi connectivity index (χ0) is 28.8. The van der Waals surface area contributed by atoms with E-state index >= 15 is 4.39 Å². The van der Waals surface area contributed by atoms with Crippen LogP contribution >= 0.6 is 0 Å². The van der Waals surface area contributed by atoms with E-state index in [0.717, 1.165) is 11.4 Å². The summed E-state index contributed by atoms with van der Waals surface area (Å²) in [5, 5.41) is 15.2. The number of nitrogens with two attached hydrogens (primary N) is 1. The summed E-state index contributed by atoms with van der Waals surface area (Å²) in [7, 11) is 1.73. The molecule has 3 aromatic heterocycles. The van der Waals surface area contributed by atoms with Crippen molar-refractivity contribution in [3.8, 4) is 16.9 Å². The minimum atomic E-state index is -0.630. The van der Waals surface area contributed by atoms with E-state index in [-0.39, 0.29) is 16.9 Å². The third kappa shape index (κ3) is 5.09. The van der Waals surface area contributed by atoms with Crippen LogP contribution in [-0.2, 0) is 12.5 Å². The van der Waals surface area contributed by atoms with Gasteiger partial charge in [-0.05, 0) is 35.7 Å². The molecule has 0 bridgehead atoms. The molecule has 0 aliphatic carbocycles. The fourth-order valence-electron chi connectivity index (χ4n) is 4.38. The highest BCUT2D eigenvalue weighted by Crippen LogP contribution is 2.32. The van der Waals surface area contributed by atoms with Gasteiger partial charge in [0.2, 0.25) is 0 Å². The number of hydrogen-bond acceptors (Lipinski definition) is 6. The van der Waals surface area contributed by atoms with E-state index in [1.165, 1.54) is 24.0 Å². The smallest absolute Gasteiger partial charge is 0.324 e. The average Bonchev–Trinajstić information content (AvgIpc) is 3.47. The number of hydrogen-bond donors (Lipinski definition) is 3. The first-order valence-corrected chi connectivity index (χ1v) is 12.9. The van der Waals surface area contributed by atoms with Crippen molar-refractivity contribution >= 4 is 34.4 Å². The highest BCUT2D eigenvalue weighted by molar-refractivity contribution is 6.01. The summed E-state index contributed by atoms with van der Waals surface area (Å²) >= 11 is 0. The predicted octanol–water partition coefficient (Wildman–Crippen LogP) is 6.00. The Labute approximate surface area is 231 Å². The van der Waals surface area contributed by atoms with Crippen molar-refractivity contribution in [2.45, 2.75) is 46.0 Å². The van der Waals surface area contributed by atoms with Crippen LogP contribution in [0.1, 0.15) is 51.8 Å². The van der Waals surface area contributed by atoms with E-state index in [0.29, 0.717) is 34.0 Å². The number of aromatic nitrogens is 6. The van der Waals surface area contributed by atoms with Crippen molar-refractivity contribution < 1.29 is 9.18 Å². The zero-order valence-corrected chi connectivity index (χ0v) is 23.3. The Morgan fingerprint density at radius 3 is 2.38 bits per heavy atom. The van der Waals surface area contributed by atoms with Crippen molar-refractivity contribution in [1.29, 1.82) is 0 Å². The van der Waals surface area contributed by atoms with Crippen LogP contribution in [0.3, 0.4) is 0 Å². The fourth-order valence-corrected chi connectivity index (χ4v) is 4.38. The first-order chi connectivity index (χ1) is 18.9. The largest absolute Gasteiger partial charge is 0.383 e. The Balaban J connectivity index is 1.40. The molecule has 0 spiro atoms. The van der Waals surface area contributed by atoms with Gasteiger partial charge in [-0.2, -0.15) is 10.2 Å². The van der Waals surface area contributed by atoms with Crippen LogP contribution in [0.15, 0.2) is 54.9 Å². The van der Waals surface area contributed by atoms with E-state index < -0.39 is 11.8 Å². The van der Waals surface area contributed by atoms with Gasteiger partial charge in [0.25, 0.3) is 0 Å². The van der Waals surface area contributed by atoms with Gasteiger partial charge in [-0.3, -0.25) is 5.32 Å². The molecule has 3 heterocycles. The Hall–Kier alpha value is -4.80. The topological polar surface area (TPSA) is 129 Å². The standard InChI is InChI=1S/C29H32FN9O/c1-16(2)17-7-10-19(11-8-17)39-23(14-22(36-39)29(3,4)5)35-28(40)34-21-12-9-18(13-20(21)30)25-24-26(31)32-15-33-27(24)38(6)37-25/h7-16H,1-6H3,(H2,31,32,33)(H2,34,35,40). The highest BCUT2D eigenvalue weighted by atomic mass is 19.1. The molecular formula is C29H32FN9O. The molecule has 2 amide bonds. The molecule has 0 unspecified atom stereocenters. The second kappa shape index (κ2) is 10.1. The first kappa shape index (κ1) is 26.8. The van der Waals surface area contributed by atoms with E-state index in [2.05, 4.69) is 39.5 Å². The van der Waals surface area contributed by atoms with Crippen molar-refractivity contribution in [2.75, 3.05) is 16.4 Å². The number of rotatable bonds is 5. The van der Waals surface area contributed by atoms with Gasteiger partial charge in [0.15, 0.2) is 5.65 Å². The number of halogens is 1. The monoisotopic (exact) mass is 541 g/mol. The van der Waals surface area contributed by atoms with Crippen LogP contribution < -0.4 is 16.4 Å². The van der Waals surface area contributed by atoms with Gasteiger partial charge in [0.1, 0.15) is 29.5 Å². The van der Waals surface area contributed by atoms with Crippen LogP contribution in [0.4, 0.5) is 26.5 Å². The lowest BCUT2D eigenvalue weighted by atomic mass is 9.92. The zero-order valence-electron chi connectivity index (χ0n) is 23.3. The number of urea groups is 1. The summed E-state index contributed by atoms with van der Waals surface area (Å²) in [5.41, 5.74) is 10.1. The van der Waals surface area contributed by atoms with Gasteiger partial charge in [-0.1, -0.05) is 52.8 Å². The Morgan fingerprint density at radius 1 is 1.00 bits per heavy atom. The molecule has 0 radical (unpaired) electrons. The van der Waals surface area contributed by atoms with Crippen LogP contribution in [0.5, 0.6) is 0 Å². The molecule has 2 aromatic carbocycles. The Bertz CT molecular complexity index is 1710. The predicted molar refractivity (Wildman–Crippen MR) is 155 cm³/mol. The molecule has 0 atom stereocenters. The SMILES string of the molecule is CC(C)c1ccc(-n2nc(C(C)(C)C)cc2NC(=O)Nc2ccc(-c3nn(C)c4ncnc(N)c34)cc2F)cc1. The Morgan fingerprint density at radius 2 is 1.73 bits per heavy atom. The van der Waals surface area contributed by atoms with Crippen molar-refractivity contribution in [1.82, 2.24) is 29.5 Å². The van der Waals surface area contributed by atoms with Crippen molar-refractivity contribution in [2.24, 2.45) is 7.05 Å². The molecule has 5 aromatic rings. The lowest BCUT2D eigenvalue weighted by Gasteiger charge is -2.14. The van der Waals surface area contributed by atoms with E-state index in [4.69, 9.17) is 10.8 Å². The molecule has 11 heteroatoms. The average molecular weight is 542 g/mol. The quantitative estimate of drug-likeness (QED) is 0.250. The summed E-state index contributed by atoms with van der Waals surface area (Å²) < 4.78 is 18.4. The molecular weight excluding hydrogens is 509 g/mol. The molecule has 0 fully saturated rings. The third-order valence-corrected chi connectivity index (χ3v) is 6.66. The van der Waals surface area contributed by atoms with E-state index in [9.17, 15) is 4.79 Å². The summed E-state index contributed by atoms with van der Waals surface area (Å²) in [5.74, 6) is 0.478. The number of aryl methyl sites for hydroxylation is 1. The molecule has 206 valence electrons. The molecule has 0 saturated heterocycles. The lowest BCUT2D eigenvalue weighted by Crippen LogP contribution is -2.22. The normalized spacial score (nSPS) is 11.8. The van der Waals surface area contributed by atoms with E-state index in [1.54, 1.807) is 22.5 Å². The van der Waals surface area contributed by atoms with E-state index in [1.807, 2.05) is 51.1 Å². The summed E-state index contributed by atoms with van der Waals surface area (Å²) in [6.07, 6.45) is 1.35. The molecule has 0 aliphatic rings. The molecule has 0 saturated carbocycles. The van der Waals surface area contributed by atoms with Gasteiger partial charge in [0, 0.05) is 24.1 Å². The van der Waals surface area contributed by atoms with Crippen LogP contribution in [0.2, 0.25) is 0 Å². The maximum Gasteiger partial charge on any atom is 0.324 e. The minimum absolute atomic E-state index is 0.00843. The van der Waals surface area contributed by atoms with Gasteiger partial charge >= 0.3 is 6.03 Å². The number of benzene rings is 2. The van der Waals surface area contributed by atoms with Crippen LogP contribution in [-0.4, -0.2) is 35.6 Å². The van der Waals surface area contributed by atoms with Gasteiger partial charge in [0.05, 0.1) is 22.5 Å². The number of nitrogens with zero attached hydrogens (tertiary/aromatic N) is 6. The van der Waals surface area contributed by atoms with Crippen LogP contribution in [0.25, 0.3) is 28.0 Å². The number of fused-ring (bicyclic) bond motifs is 1. The number of anilines is 3. The number of carbonyl (C=O) groups excluding carboxylic acids is 1. The Kier molecular flexibility index (Phi) is 6.74. The van der Waals surface area contributed by atoms with Crippen molar-refractivity contribution in [3.05, 3.63) is 71.9 Å². The van der Waals surface area contributed by atoms with Gasteiger partial charge < -0.3 is 11.1 Å². The third-order valence-electron chi connectivity index (χ3n) is 6.66. The summed E-state index contributed by atoms with van der Waals surface area (Å²) in [4.78, 5) is 21.3. The molecule has 40 heavy (non-hydrogen) atoms. The second-order valence-electron chi connectivity index (χ2n) is 11.0. The maximum absolute atomic E-state index is 15.2. The van der Waals surface area contributed by atoms with Crippen LogP contribution in [0, 0.1) is 5.82 Å². The summed E-state index contributed by atoms with van der Waals surface area (Å²) in [6.45, 7) is 10.4. The first-order valence-electron chi connectivity index (χ1n) is 12.9. The highest BCUT2D eigenvalue weighted by Gasteiger charge is 2.22. The lowest BCUT2D eigenvalue weighted by molar-refractivity contribution is 0.262. The maximum atomic E-state index is 15.2. The van der Waals surface area contributed by atoms with Gasteiger partial charge in [-0.25, -0.2) is 28.5 Å². The number of amides is 2. The minimum Gasteiger partial charge on any atom is -0.383 e. The number of carbonyl (C=O) groups is 1. The number of nitrogens with one attached hydrogen (secondary N) is 2. The van der Waals surface area contributed by atoms with Gasteiger partial charge in [-0.15, -0.1) is 0 Å². The fraction of sp³-hybridized carbons (Fsp3) is 0.276. The summed E-state index contributed by atoms with van der Waals surface area (Å²) in [6, 6.07) is 13.7. The molecule has 5 rings (SSSR count). The molecule has 4 N–H and O–H groups in total. The van der Waals surface area contributed by atoms with Crippen molar-refractivity contribution in [3.63, 3.8) is 0 Å². The number of nitrogen functional groups attached to an aromatic ring is 1. The second-order valence-corrected chi connectivity index (χ2v) is 11.0. The molecule has 0 aliphatic heterocycles. The molecule has 10 nitrogen and oxygen atoms in total.